The Labute approximate surface area is 110 Å². The lowest BCUT2D eigenvalue weighted by Gasteiger charge is -2.43. The molecule has 3 unspecified atom stereocenters. The van der Waals surface area contributed by atoms with Gasteiger partial charge in [-0.2, -0.15) is 0 Å². The molecule has 0 aromatic heterocycles. The molecule has 1 saturated carbocycles. The molecule has 2 fully saturated rings. The Kier molecular flexibility index (Phi) is 5.42. The van der Waals surface area contributed by atoms with Crippen LogP contribution in [0, 0.1) is 17.0 Å². The van der Waals surface area contributed by atoms with Crippen molar-refractivity contribution in [2.24, 2.45) is 11.8 Å². The quantitative estimate of drug-likeness (QED) is 0.785. The molecule has 4 nitrogen and oxygen atoms in total. The van der Waals surface area contributed by atoms with Crippen molar-refractivity contribution in [1.29, 1.82) is 0 Å². The van der Waals surface area contributed by atoms with E-state index in [9.17, 15) is 10.4 Å². The molecule has 2 aliphatic rings. The first kappa shape index (κ1) is 14.3. The summed E-state index contributed by atoms with van der Waals surface area (Å²) in [6, 6.07) is -0.166. The summed E-state index contributed by atoms with van der Waals surface area (Å²) < 4.78 is 0. The maximum atomic E-state index is 11.2. The Bertz CT molecular complexity index is 248. The Morgan fingerprint density at radius 3 is 2.72 bits per heavy atom. The first-order valence-corrected chi connectivity index (χ1v) is 7.58. The van der Waals surface area contributed by atoms with Crippen molar-refractivity contribution in [3.8, 4) is 0 Å². The highest BCUT2D eigenvalue weighted by Gasteiger charge is 2.29. The topological polar surface area (TPSA) is 49.8 Å². The highest BCUT2D eigenvalue weighted by Crippen LogP contribution is 2.29. The van der Waals surface area contributed by atoms with Gasteiger partial charge in [0, 0.05) is 19.1 Å². The van der Waals surface area contributed by atoms with E-state index in [0.29, 0.717) is 5.92 Å². The molecule has 0 bridgehead atoms. The summed E-state index contributed by atoms with van der Waals surface area (Å²) in [7, 11) is 0. The summed E-state index contributed by atoms with van der Waals surface area (Å²) in [6.07, 6.45) is 8.15. The Hall–Kier alpha value is -0.160. The fourth-order valence-electron chi connectivity index (χ4n) is 3.67. The van der Waals surface area contributed by atoms with Gasteiger partial charge in [0.2, 0.25) is 0 Å². The lowest BCUT2D eigenvalue weighted by atomic mass is 9.83. The molecule has 1 aliphatic heterocycles. The zero-order valence-corrected chi connectivity index (χ0v) is 11.6. The van der Waals surface area contributed by atoms with Gasteiger partial charge in [-0.1, -0.05) is 26.2 Å². The van der Waals surface area contributed by atoms with Crippen LogP contribution in [0.1, 0.15) is 51.9 Å². The number of piperidine rings is 1. The van der Waals surface area contributed by atoms with Crippen LogP contribution in [-0.2, 0) is 0 Å². The van der Waals surface area contributed by atoms with Gasteiger partial charge in [-0.05, 0) is 44.1 Å². The third kappa shape index (κ3) is 3.67. The van der Waals surface area contributed by atoms with Gasteiger partial charge in [0.15, 0.2) is 0 Å². The average Bonchev–Trinajstić information content (AvgIpc) is 2.39. The smallest absolute Gasteiger partial charge is 0.0257 e. The molecule has 0 aromatic rings. The highest BCUT2D eigenvalue weighted by molar-refractivity contribution is 4.84. The maximum Gasteiger partial charge on any atom is 0.0257 e. The molecule has 0 amide bonds. The van der Waals surface area contributed by atoms with Crippen LogP contribution < -0.4 is 0 Å². The van der Waals surface area contributed by atoms with E-state index in [2.05, 4.69) is 11.8 Å². The van der Waals surface area contributed by atoms with Crippen LogP contribution in [0.15, 0.2) is 0 Å². The second-order valence-corrected chi connectivity index (χ2v) is 6.09. The van der Waals surface area contributed by atoms with Gasteiger partial charge in [0.25, 0.3) is 0 Å². The first-order valence-electron chi connectivity index (χ1n) is 7.58. The molecular weight excluding hydrogens is 228 g/mol. The normalized spacial score (nSPS) is 35.0. The number of nitrogens with zero attached hydrogens (tertiary/aromatic N) is 2. The van der Waals surface area contributed by atoms with Crippen molar-refractivity contribution in [2.75, 3.05) is 19.6 Å². The Morgan fingerprint density at radius 1 is 1.22 bits per heavy atom. The second-order valence-electron chi connectivity index (χ2n) is 6.09. The third-order valence-corrected chi connectivity index (χ3v) is 4.83. The van der Waals surface area contributed by atoms with E-state index in [1.54, 1.807) is 0 Å². The van der Waals surface area contributed by atoms with E-state index >= 15 is 0 Å². The molecule has 18 heavy (non-hydrogen) atoms. The molecule has 4 heteroatoms. The van der Waals surface area contributed by atoms with E-state index in [4.69, 9.17) is 0 Å². The molecule has 1 heterocycles. The van der Waals surface area contributed by atoms with Crippen molar-refractivity contribution >= 4 is 0 Å². The van der Waals surface area contributed by atoms with Gasteiger partial charge in [0.05, 0.1) is 0 Å². The van der Waals surface area contributed by atoms with Gasteiger partial charge >= 0.3 is 0 Å². The van der Waals surface area contributed by atoms with Crippen molar-refractivity contribution in [2.45, 2.75) is 57.9 Å². The fraction of sp³-hybridized carbons (Fsp3) is 1.00. The summed E-state index contributed by atoms with van der Waals surface area (Å²) in [5, 5.41) is 20.7. The molecule has 2 rings (SSSR count). The molecule has 0 aromatic carbocycles. The first-order chi connectivity index (χ1) is 8.70. The molecule has 0 radical (unpaired) electrons. The second kappa shape index (κ2) is 6.85. The molecule has 3 atom stereocenters. The predicted octanol–water partition coefficient (Wildman–Crippen LogP) is 2.86. The maximum absolute atomic E-state index is 11.2. The minimum atomic E-state index is -0.166. The lowest BCUT2D eigenvalue weighted by molar-refractivity contribution is -0.110. The van der Waals surface area contributed by atoms with Crippen molar-refractivity contribution in [1.82, 2.24) is 10.1 Å². The summed E-state index contributed by atoms with van der Waals surface area (Å²) in [5.74, 6) is 1.19. The molecule has 1 saturated heterocycles. The van der Waals surface area contributed by atoms with Crippen molar-refractivity contribution < 1.29 is 5.21 Å². The zero-order valence-electron chi connectivity index (χ0n) is 11.6. The van der Waals surface area contributed by atoms with Crippen LogP contribution in [0.2, 0.25) is 0 Å². The monoisotopic (exact) mass is 255 g/mol. The number of hydrogen-bond acceptors (Lipinski definition) is 4. The standard InChI is InChI=1S/C14H27N2O2/c1-2-12-6-5-9-15(10-12)11-13-7-3-4-8-14(13)16(17)18/h12-14,17H,2-11H2,1H3/q-1. The van der Waals surface area contributed by atoms with Gasteiger partial charge < -0.3 is 15.3 Å². The number of rotatable bonds is 4. The van der Waals surface area contributed by atoms with Crippen LogP contribution in [0.25, 0.3) is 0 Å². The fourth-order valence-corrected chi connectivity index (χ4v) is 3.67. The van der Waals surface area contributed by atoms with Crippen molar-refractivity contribution in [3.05, 3.63) is 5.21 Å². The number of hydroxylamine groups is 2. The summed E-state index contributed by atoms with van der Waals surface area (Å²) >= 11 is 0. The van der Waals surface area contributed by atoms with Crippen LogP contribution in [0.5, 0.6) is 0 Å². The minimum Gasteiger partial charge on any atom is -0.762 e. The van der Waals surface area contributed by atoms with E-state index in [1.807, 2.05) is 0 Å². The molecule has 1 aliphatic carbocycles. The summed E-state index contributed by atoms with van der Waals surface area (Å²) in [6.45, 7) is 5.62. The zero-order chi connectivity index (χ0) is 13.0. The predicted molar refractivity (Wildman–Crippen MR) is 72.2 cm³/mol. The van der Waals surface area contributed by atoms with E-state index in [1.165, 1.54) is 38.8 Å². The van der Waals surface area contributed by atoms with Gasteiger partial charge in [-0.3, -0.25) is 5.23 Å². The molecule has 0 spiro atoms. The molecule has 1 N–H and O–H groups in total. The van der Waals surface area contributed by atoms with Gasteiger partial charge in [-0.15, -0.1) is 0 Å². The van der Waals surface area contributed by atoms with Crippen LogP contribution in [0.4, 0.5) is 0 Å². The summed E-state index contributed by atoms with van der Waals surface area (Å²) in [5.41, 5.74) is 0. The number of hydrogen-bond donors (Lipinski definition) is 1. The van der Waals surface area contributed by atoms with Gasteiger partial charge in [-0.25, -0.2) is 0 Å². The minimum absolute atomic E-state index is 0.166. The van der Waals surface area contributed by atoms with Crippen LogP contribution >= 0.6 is 0 Å². The van der Waals surface area contributed by atoms with Crippen LogP contribution in [0.3, 0.4) is 0 Å². The third-order valence-electron chi connectivity index (χ3n) is 4.83. The average molecular weight is 255 g/mol. The van der Waals surface area contributed by atoms with E-state index in [0.717, 1.165) is 31.7 Å². The summed E-state index contributed by atoms with van der Waals surface area (Å²) in [4.78, 5) is 2.52. The molecule has 106 valence electrons. The van der Waals surface area contributed by atoms with E-state index in [-0.39, 0.29) is 11.3 Å². The largest absolute Gasteiger partial charge is 0.762 e. The lowest BCUT2D eigenvalue weighted by Crippen LogP contribution is -2.45. The SMILES string of the molecule is CCC1CCCN(CC2CCCCC2N([O-])O)C1. The van der Waals surface area contributed by atoms with Gasteiger partial charge in [0.1, 0.15) is 0 Å². The van der Waals surface area contributed by atoms with Crippen LogP contribution in [-0.4, -0.2) is 41.0 Å². The van der Waals surface area contributed by atoms with Crippen molar-refractivity contribution in [3.63, 3.8) is 0 Å². The Morgan fingerprint density at radius 2 is 2.00 bits per heavy atom. The van der Waals surface area contributed by atoms with E-state index < -0.39 is 0 Å². The Balaban J connectivity index is 1.86. The highest BCUT2D eigenvalue weighted by atomic mass is 16.8. The number of likely N-dealkylation sites (tertiary alicyclic amines) is 1. The molecular formula is C14H27N2O2-.